The number of rotatable bonds is 8. The van der Waals surface area contributed by atoms with Crippen molar-refractivity contribution in [2.45, 2.75) is 45.1 Å². The van der Waals surface area contributed by atoms with E-state index in [1.165, 1.54) is 0 Å². The van der Waals surface area contributed by atoms with E-state index in [1.807, 2.05) is 12.1 Å². The molecule has 0 aliphatic carbocycles. The Morgan fingerprint density at radius 2 is 1.82 bits per heavy atom. The molecule has 2 rings (SSSR count). The van der Waals surface area contributed by atoms with Crippen molar-refractivity contribution in [2.24, 2.45) is 0 Å². The molecule has 0 atom stereocenters. The van der Waals surface area contributed by atoms with Crippen molar-refractivity contribution < 1.29 is 19.1 Å². The van der Waals surface area contributed by atoms with Gasteiger partial charge in [0.15, 0.2) is 0 Å². The number of halogens is 1. The van der Waals surface area contributed by atoms with Crippen molar-refractivity contribution in [3.05, 3.63) is 34.9 Å². The molecule has 1 saturated heterocycles. The summed E-state index contributed by atoms with van der Waals surface area (Å²) in [6.45, 7) is 3.78. The minimum Gasteiger partial charge on any atom is -0.450 e. The average Bonchev–Trinajstić information content (AvgIpc) is 2.68. The van der Waals surface area contributed by atoms with Crippen molar-refractivity contribution in [1.29, 1.82) is 0 Å². The number of benzene rings is 1. The summed E-state index contributed by atoms with van der Waals surface area (Å²) in [7, 11) is 0. The van der Waals surface area contributed by atoms with E-state index in [4.69, 9.17) is 16.3 Å². The standard InChI is InChI=1S/C20H28ClN3O4/c1-2-28-20(27)24-12-9-17(10-13-24)23-18(25)4-3-11-22-19(26)14-15-5-7-16(21)8-6-15/h5-8,17H,2-4,9-14H2,1H3,(H,22,26)(H,23,25). The number of nitrogens with one attached hydrogen (secondary N) is 2. The molecule has 154 valence electrons. The first-order valence-corrected chi connectivity index (χ1v) is 10.1. The molecule has 1 heterocycles. The molecule has 2 N–H and O–H groups in total. The van der Waals surface area contributed by atoms with Crippen LogP contribution in [0.4, 0.5) is 4.79 Å². The van der Waals surface area contributed by atoms with Gasteiger partial charge in [0, 0.05) is 37.1 Å². The monoisotopic (exact) mass is 409 g/mol. The number of carbonyl (C=O) groups excluding carboxylic acids is 3. The summed E-state index contributed by atoms with van der Waals surface area (Å²) in [5, 5.41) is 6.47. The van der Waals surface area contributed by atoms with Crippen molar-refractivity contribution in [1.82, 2.24) is 15.5 Å². The molecule has 0 radical (unpaired) electrons. The summed E-state index contributed by atoms with van der Waals surface area (Å²) >= 11 is 5.82. The molecular formula is C20H28ClN3O4. The number of nitrogens with zero attached hydrogens (tertiary/aromatic N) is 1. The van der Waals surface area contributed by atoms with Crippen molar-refractivity contribution in [3.8, 4) is 0 Å². The topological polar surface area (TPSA) is 87.7 Å². The molecule has 8 heteroatoms. The molecule has 1 aromatic rings. The maximum absolute atomic E-state index is 12.1. The molecule has 1 fully saturated rings. The SMILES string of the molecule is CCOC(=O)N1CCC(NC(=O)CCCNC(=O)Cc2ccc(Cl)cc2)CC1. The predicted octanol–water partition coefficient (Wildman–Crippen LogP) is 2.52. The minimum atomic E-state index is -0.290. The van der Waals surface area contributed by atoms with Crippen LogP contribution >= 0.6 is 11.6 Å². The Bertz CT molecular complexity index is 658. The normalized spacial score (nSPS) is 14.4. The van der Waals surface area contributed by atoms with Crippen LogP contribution in [-0.4, -0.2) is 55.1 Å². The zero-order valence-corrected chi connectivity index (χ0v) is 17.0. The lowest BCUT2D eigenvalue weighted by Crippen LogP contribution is -2.46. The molecule has 0 saturated carbocycles. The fourth-order valence-corrected chi connectivity index (χ4v) is 3.17. The summed E-state index contributed by atoms with van der Waals surface area (Å²) in [5.74, 6) is -0.101. The highest BCUT2D eigenvalue weighted by Crippen LogP contribution is 2.12. The van der Waals surface area contributed by atoms with Gasteiger partial charge in [0.05, 0.1) is 13.0 Å². The number of likely N-dealkylation sites (tertiary alicyclic amines) is 1. The molecule has 7 nitrogen and oxygen atoms in total. The van der Waals surface area contributed by atoms with E-state index in [0.717, 1.165) is 18.4 Å². The quantitative estimate of drug-likeness (QED) is 0.646. The molecule has 0 aromatic heterocycles. The molecule has 0 unspecified atom stereocenters. The molecule has 1 aliphatic heterocycles. The zero-order chi connectivity index (χ0) is 20.4. The van der Waals surface area contributed by atoms with E-state index >= 15 is 0 Å². The number of ether oxygens (including phenoxy) is 1. The van der Waals surface area contributed by atoms with Crippen LogP contribution in [0.5, 0.6) is 0 Å². The zero-order valence-electron chi connectivity index (χ0n) is 16.2. The summed E-state index contributed by atoms with van der Waals surface area (Å²) < 4.78 is 4.98. The van der Waals surface area contributed by atoms with Gasteiger partial charge in [-0.05, 0) is 43.9 Å². The van der Waals surface area contributed by atoms with Crippen LogP contribution in [0.15, 0.2) is 24.3 Å². The van der Waals surface area contributed by atoms with Crippen LogP contribution < -0.4 is 10.6 Å². The molecule has 0 bridgehead atoms. The fourth-order valence-electron chi connectivity index (χ4n) is 3.05. The number of hydrogen-bond acceptors (Lipinski definition) is 4. The Morgan fingerprint density at radius 3 is 2.46 bits per heavy atom. The van der Waals surface area contributed by atoms with Crippen LogP contribution in [0, 0.1) is 0 Å². The Hall–Kier alpha value is -2.28. The third-order valence-corrected chi connectivity index (χ3v) is 4.82. The predicted molar refractivity (Wildman–Crippen MR) is 107 cm³/mol. The number of piperidine rings is 1. The molecule has 1 aliphatic rings. The van der Waals surface area contributed by atoms with E-state index in [9.17, 15) is 14.4 Å². The number of amides is 3. The van der Waals surface area contributed by atoms with E-state index in [2.05, 4.69) is 10.6 Å². The third-order valence-electron chi connectivity index (χ3n) is 4.57. The average molecular weight is 410 g/mol. The van der Waals surface area contributed by atoms with Crippen molar-refractivity contribution in [2.75, 3.05) is 26.2 Å². The molecule has 28 heavy (non-hydrogen) atoms. The van der Waals surface area contributed by atoms with Gasteiger partial charge in [-0.2, -0.15) is 0 Å². The highest BCUT2D eigenvalue weighted by molar-refractivity contribution is 6.30. The van der Waals surface area contributed by atoms with Gasteiger partial charge in [0.2, 0.25) is 11.8 Å². The number of hydrogen-bond donors (Lipinski definition) is 2. The van der Waals surface area contributed by atoms with Crippen molar-refractivity contribution in [3.63, 3.8) is 0 Å². The Balaban J connectivity index is 1.56. The largest absolute Gasteiger partial charge is 0.450 e. The van der Waals surface area contributed by atoms with Gasteiger partial charge in [0.25, 0.3) is 0 Å². The lowest BCUT2D eigenvalue weighted by Gasteiger charge is -2.31. The van der Waals surface area contributed by atoms with Gasteiger partial charge in [-0.3, -0.25) is 9.59 Å². The summed E-state index contributed by atoms with van der Waals surface area (Å²) in [5.41, 5.74) is 0.897. The van der Waals surface area contributed by atoms with Crippen LogP contribution in [0.3, 0.4) is 0 Å². The van der Waals surface area contributed by atoms with Gasteiger partial charge >= 0.3 is 6.09 Å². The minimum absolute atomic E-state index is 0.0264. The van der Waals surface area contributed by atoms with Gasteiger partial charge in [-0.25, -0.2) is 4.79 Å². The van der Waals surface area contributed by atoms with Crippen LogP contribution in [0.25, 0.3) is 0 Å². The fraction of sp³-hybridized carbons (Fsp3) is 0.550. The van der Waals surface area contributed by atoms with E-state index in [0.29, 0.717) is 50.5 Å². The van der Waals surface area contributed by atoms with E-state index < -0.39 is 0 Å². The Labute approximate surface area is 170 Å². The lowest BCUT2D eigenvalue weighted by atomic mass is 10.1. The highest BCUT2D eigenvalue weighted by Gasteiger charge is 2.24. The van der Waals surface area contributed by atoms with Crippen LogP contribution in [-0.2, 0) is 20.7 Å². The summed E-state index contributed by atoms with van der Waals surface area (Å²) in [6, 6.07) is 7.24. The van der Waals surface area contributed by atoms with E-state index in [-0.39, 0.29) is 23.9 Å². The van der Waals surface area contributed by atoms with Gasteiger partial charge in [0.1, 0.15) is 0 Å². The van der Waals surface area contributed by atoms with Crippen LogP contribution in [0.1, 0.15) is 38.2 Å². The van der Waals surface area contributed by atoms with Gasteiger partial charge in [-0.1, -0.05) is 23.7 Å². The maximum atomic E-state index is 12.1. The molecule has 1 aromatic carbocycles. The maximum Gasteiger partial charge on any atom is 0.409 e. The lowest BCUT2D eigenvalue weighted by molar-refractivity contribution is -0.123. The smallest absolute Gasteiger partial charge is 0.409 e. The molecule has 3 amide bonds. The van der Waals surface area contributed by atoms with Gasteiger partial charge < -0.3 is 20.3 Å². The molecule has 0 spiro atoms. The Kier molecular flexibility index (Phi) is 9.07. The summed E-state index contributed by atoms with van der Waals surface area (Å²) in [6.07, 6.45) is 2.40. The van der Waals surface area contributed by atoms with Gasteiger partial charge in [-0.15, -0.1) is 0 Å². The molecular weight excluding hydrogens is 382 g/mol. The van der Waals surface area contributed by atoms with E-state index in [1.54, 1.807) is 24.0 Å². The first kappa shape index (κ1) is 22.0. The second kappa shape index (κ2) is 11.5. The van der Waals surface area contributed by atoms with Crippen molar-refractivity contribution >= 4 is 29.5 Å². The third kappa shape index (κ3) is 7.76. The first-order chi connectivity index (χ1) is 13.5. The second-order valence-corrected chi connectivity index (χ2v) is 7.22. The first-order valence-electron chi connectivity index (χ1n) is 9.70. The second-order valence-electron chi connectivity index (χ2n) is 6.78. The Morgan fingerprint density at radius 1 is 1.14 bits per heavy atom. The van der Waals surface area contributed by atoms with Crippen LogP contribution in [0.2, 0.25) is 5.02 Å². The number of carbonyl (C=O) groups is 3. The summed E-state index contributed by atoms with van der Waals surface area (Å²) in [4.78, 5) is 37.3. The highest BCUT2D eigenvalue weighted by atomic mass is 35.5.